The van der Waals surface area contributed by atoms with Crippen LogP contribution in [0.3, 0.4) is 0 Å². The highest BCUT2D eigenvalue weighted by Crippen LogP contribution is 2.32. The topological polar surface area (TPSA) is 51.0 Å². The third-order valence-corrected chi connectivity index (χ3v) is 4.85. The van der Waals surface area contributed by atoms with Crippen molar-refractivity contribution in [1.29, 1.82) is 0 Å². The van der Waals surface area contributed by atoms with Gasteiger partial charge in [0.25, 0.3) is 0 Å². The van der Waals surface area contributed by atoms with Gasteiger partial charge in [-0.05, 0) is 30.8 Å². The molecule has 0 aliphatic heterocycles. The van der Waals surface area contributed by atoms with Gasteiger partial charge < -0.3 is 9.84 Å². The Bertz CT molecular complexity index is 523. The van der Waals surface area contributed by atoms with Crippen LogP contribution >= 0.6 is 11.3 Å². The Balaban J connectivity index is 1.82. The van der Waals surface area contributed by atoms with Crippen molar-refractivity contribution >= 4 is 11.3 Å². The van der Waals surface area contributed by atoms with Crippen LogP contribution in [0.5, 0.6) is 0 Å². The maximum Gasteiger partial charge on any atom is 0.231 e. The van der Waals surface area contributed by atoms with Crippen LogP contribution in [0.15, 0.2) is 22.0 Å². The maximum atomic E-state index is 5.57. The highest BCUT2D eigenvalue weighted by Gasteiger charge is 2.29. The van der Waals surface area contributed by atoms with Crippen LogP contribution in [0, 0.1) is 0 Å². The number of nitrogens with one attached hydrogen (secondary N) is 1. The Morgan fingerprint density at radius 3 is 3.05 bits per heavy atom. The van der Waals surface area contributed by atoms with Gasteiger partial charge in [0.15, 0.2) is 0 Å². The summed E-state index contributed by atoms with van der Waals surface area (Å²) in [6.45, 7) is 3.15. The molecule has 20 heavy (non-hydrogen) atoms. The van der Waals surface area contributed by atoms with Crippen LogP contribution < -0.4 is 5.32 Å². The molecule has 0 aromatic carbocycles. The van der Waals surface area contributed by atoms with Crippen molar-refractivity contribution in [2.75, 3.05) is 6.54 Å². The largest absolute Gasteiger partial charge is 0.339 e. The zero-order valence-electron chi connectivity index (χ0n) is 11.8. The van der Waals surface area contributed by atoms with E-state index in [0.29, 0.717) is 12.0 Å². The van der Waals surface area contributed by atoms with Crippen LogP contribution in [0.1, 0.15) is 50.8 Å². The molecule has 2 aromatic rings. The highest BCUT2D eigenvalue weighted by atomic mass is 32.1. The summed E-state index contributed by atoms with van der Waals surface area (Å²) in [6, 6.07) is 4.52. The summed E-state index contributed by atoms with van der Waals surface area (Å²) in [5, 5.41) is 9.79. The zero-order valence-corrected chi connectivity index (χ0v) is 12.7. The van der Waals surface area contributed by atoms with Crippen molar-refractivity contribution in [2.45, 2.75) is 51.0 Å². The molecule has 5 heteroatoms. The molecule has 0 bridgehead atoms. The van der Waals surface area contributed by atoms with E-state index in [1.54, 1.807) is 11.3 Å². The number of likely N-dealkylation sites (N-methyl/N-ethyl adjacent to an activating group) is 1. The van der Waals surface area contributed by atoms with Crippen molar-refractivity contribution in [3.05, 3.63) is 23.4 Å². The first kappa shape index (κ1) is 13.8. The number of hydrogen-bond donors (Lipinski definition) is 1. The third kappa shape index (κ3) is 2.94. The second-order valence-electron chi connectivity index (χ2n) is 5.34. The van der Waals surface area contributed by atoms with E-state index < -0.39 is 0 Å². The number of thiophene rings is 1. The van der Waals surface area contributed by atoms with Crippen LogP contribution in [0.25, 0.3) is 10.7 Å². The Hall–Kier alpha value is -1.20. The van der Waals surface area contributed by atoms with Gasteiger partial charge in [0, 0.05) is 6.04 Å². The molecule has 2 heterocycles. The van der Waals surface area contributed by atoms with Crippen molar-refractivity contribution in [3.63, 3.8) is 0 Å². The molecule has 3 rings (SSSR count). The summed E-state index contributed by atoms with van der Waals surface area (Å²) in [7, 11) is 0. The second kappa shape index (κ2) is 6.50. The maximum absolute atomic E-state index is 5.57. The average Bonchev–Trinajstić information content (AvgIpc) is 3.09. The molecule has 108 valence electrons. The van der Waals surface area contributed by atoms with Gasteiger partial charge in [-0.2, -0.15) is 4.98 Å². The molecule has 0 radical (unpaired) electrons. The minimum Gasteiger partial charge on any atom is -0.339 e. The van der Waals surface area contributed by atoms with Gasteiger partial charge in [-0.15, -0.1) is 11.3 Å². The van der Waals surface area contributed by atoms with E-state index in [1.807, 2.05) is 17.5 Å². The second-order valence-corrected chi connectivity index (χ2v) is 6.29. The first-order valence-corrected chi connectivity index (χ1v) is 8.37. The van der Waals surface area contributed by atoms with Crippen molar-refractivity contribution < 1.29 is 4.52 Å². The van der Waals surface area contributed by atoms with Crippen molar-refractivity contribution in [1.82, 2.24) is 15.5 Å². The molecule has 2 atom stereocenters. The van der Waals surface area contributed by atoms with Gasteiger partial charge in [0.1, 0.15) is 0 Å². The lowest BCUT2D eigenvalue weighted by atomic mass is 9.94. The molecule has 1 fully saturated rings. The summed E-state index contributed by atoms with van der Waals surface area (Å²) in [4.78, 5) is 5.72. The van der Waals surface area contributed by atoms with Gasteiger partial charge >= 0.3 is 0 Å². The summed E-state index contributed by atoms with van der Waals surface area (Å²) in [6.07, 6.45) is 6.20. The SMILES string of the molecule is CCNC1CCCCCC1c1nc(-c2cccs2)no1. The van der Waals surface area contributed by atoms with Crippen LogP contribution in [0.4, 0.5) is 0 Å². The molecule has 1 N–H and O–H groups in total. The molecule has 1 aliphatic rings. The van der Waals surface area contributed by atoms with E-state index in [1.165, 1.54) is 25.7 Å². The molecule has 0 amide bonds. The van der Waals surface area contributed by atoms with Gasteiger partial charge in [0.2, 0.25) is 11.7 Å². The normalized spacial score (nSPS) is 23.6. The van der Waals surface area contributed by atoms with E-state index in [9.17, 15) is 0 Å². The summed E-state index contributed by atoms with van der Waals surface area (Å²) < 4.78 is 5.57. The quantitative estimate of drug-likeness (QED) is 0.870. The van der Waals surface area contributed by atoms with Gasteiger partial charge in [-0.1, -0.05) is 37.4 Å². The van der Waals surface area contributed by atoms with Crippen molar-refractivity contribution in [3.8, 4) is 10.7 Å². The molecule has 1 aliphatic carbocycles. The molecular weight excluding hydrogens is 270 g/mol. The highest BCUT2D eigenvalue weighted by molar-refractivity contribution is 7.13. The molecule has 2 aromatic heterocycles. The van der Waals surface area contributed by atoms with E-state index in [2.05, 4.69) is 22.4 Å². The van der Waals surface area contributed by atoms with Crippen molar-refractivity contribution in [2.24, 2.45) is 0 Å². The van der Waals surface area contributed by atoms with Gasteiger partial charge in [0.05, 0.1) is 10.8 Å². The van der Waals surface area contributed by atoms with Crippen LogP contribution in [-0.4, -0.2) is 22.7 Å². The Labute approximate surface area is 123 Å². The smallest absolute Gasteiger partial charge is 0.231 e. The molecular formula is C15H21N3OS. The standard InChI is InChI=1S/C15H21N3OS/c1-2-16-12-8-5-3-4-7-11(12)15-17-14(18-19-15)13-9-6-10-20-13/h6,9-12,16H,2-5,7-8H2,1H3. The summed E-state index contributed by atoms with van der Waals surface area (Å²) in [5.41, 5.74) is 0. The van der Waals surface area contributed by atoms with Gasteiger partial charge in [-0.3, -0.25) is 0 Å². The predicted molar refractivity (Wildman–Crippen MR) is 80.9 cm³/mol. The fourth-order valence-corrected chi connectivity index (χ4v) is 3.65. The van der Waals surface area contributed by atoms with E-state index in [4.69, 9.17) is 4.52 Å². The molecule has 4 nitrogen and oxygen atoms in total. The minimum absolute atomic E-state index is 0.360. The Kier molecular flexibility index (Phi) is 4.47. The first-order valence-electron chi connectivity index (χ1n) is 7.49. The van der Waals surface area contributed by atoms with E-state index in [-0.39, 0.29) is 0 Å². The van der Waals surface area contributed by atoms with E-state index >= 15 is 0 Å². The lowest BCUT2D eigenvalue weighted by Gasteiger charge is -2.22. The fourth-order valence-electron chi connectivity index (χ4n) is 3.00. The lowest BCUT2D eigenvalue weighted by Crippen LogP contribution is -2.34. The lowest BCUT2D eigenvalue weighted by molar-refractivity contribution is 0.306. The Morgan fingerprint density at radius 2 is 2.25 bits per heavy atom. The number of rotatable bonds is 4. The number of hydrogen-bond acceptors (Lipinski definition) is 5. The Morgan fingerprint density at radius 1 is 1.35 bits per heavy atom. The molecule has 2 unspecified atom stereocenters. The molecule has 0 spiro atoms. The van der Waals surface area contributed by atoms with Crippen LogP contribution in [-0.2, 0) is 0 Å². The third-order valence-electron chi connectivity index (χ3n) is 3.98. The first-order chi connectivity index (χ1) is 9.88. The van der Waals surface area contributed by atoms with E-state index in [0.717, 1.165) is 29.6 Å². The zero-order chi connectivity index (χ0) is 13.8. The number of nitrogens with zero attached hydrogens (tertiary/aromatic N) is 2. The minimum atomic E-state index is 0.360. The average molecular weight is 291 g/mol. The monoisotopic (exact) mass is 291 g/mol. The molecule has 1 saturated carbocycles. The molecule has 0 saturated heterocycles. The summed E-state index contributed by atoms with van der Waals surface area (Å²) in [5.74, 6) is 1.90. The predicted octanol–water partition coefficient (Wildman–Crippen LogP) is 3.82. The number of aromatic nitrogens is 2. The van der Waals surface area contributed by atoms with Gasteiger partial charge in [-0.25, -0.2) is 0 Å². The fraction of sp³-hybridized carbons (Fsp3) is 0.600. The van der Waals surface area contributed by atoms with Crippen LogP contribution in [0.2, 0.25) is 0 Å². The summed E-state index contributed by atoms with van der Waals surface area (Å²) >= 11 is 1.65.